The van der Waals surface area contributed by atoms with E-state index in [-0.39, 0.29) is 0 Å². The fourth-order valence-electron chi connectivity index (χ4n) is 2.43. The van der Waals surface area contributed by atoms with Crippen LogP contribution in [0, 0.1) is 0 Å². The number of methoxy groups -OCH3 is 1. The molecule has 2 aromatic carbocycles. The number of halogens is 2. The van der Waals surface area contributed by atoms with Crippen molar-refractivity contribution >= 4 is 51.0 Å². The van der Waals surface area contributed by atoms with Gasteiger partial charge in [0.15, 0.2) is 0 Å². The Morgan fingerprint density at radius 2 is 1.75 bits per heavy atom. The first kappa shape index (κ1) is 22.0. The first-order valence-electron chi connectivity index (χ1n) is 8.05. The fraction of sp³-hybridized carbons (Fsp3) is 0.222. The number of ether oxygens (including phenoxy) is 1. The summed E-state index contributed by atoms with van der Waals surface area (Å²) in [5, 5.41) is 4.57. The third-order valence-corrected chi connectivity index (χ3v) is 5.68. The minimum atomic E-state index is -3.73. The van der Waals surface area contributed by atoms with Crippen molar-refractivity contribution in [3.05, 3.63) is 58.1 Å². The molecule has 0 aliphatic carbocycles. The number of hydrogen-bond acceptors (Lipinski definition) is 5. The SMILES string of the molecule is COc1ccc(N([C@H](C)C(=O)N/N=C\c2c(Cl)cccc2Cl)S(C)(=O)=O)cc1. The van der Waals surface area contributed by atoms with Crippen molar-refractivity contribution in [3.8, 4) is 5.75 Å². The van der Waals surface area contributed by atoms with Crippen molar-refractivity contribution in [2.24, 2.45) is 5.10 Å². The zero-order chi connectivity index (χ0) is 20.9. The lowest BCUT2D eigenvalue weighted by molar-refractivity contribution is -0.121. The Labute approximate surface area is 173 Å². The molecule has 10 heteroatoms. The number of nitrogens with zero attached hydrogens (tertiary/aromatic N) is 2. The standard InChI is InChI=1S/C18H19Cl2N3O4S/c1-12(18(24)22-21-11-15-16(19)5-4-6-17(15)20)23(28(3,25)26)13-7-9-14(27-2)10-8-13/h4-12H,1-3H3,(H,22,24)/b21-11-/t12-/m1/s1. The van der Waals surface area contributed by atoms with Crippen LogP contribution in [0.1, 0.15) is 12.5 Å². The summed E-state index contributed by atoms with van der Waals surface area (Å²) in [6.07, 6.45) is 2.32. The van der Waals surface area contributed by atoms with Gasteiger partial charge in [-0.25, -0.2) is 13.8 Å². The summed E-state index contributed by atoms with van der Waals surface area (Å²) in [7, 11) is -2.23. The predicted octanol–water partition coefficient (Wildman–Crippen LogP) is 3.31. The highest BCUT2D eigenvalue weighted by molar-refractivity contribution is 7.92. The van der Waals surface area contributed by atoms with Gasteiger partial charge in [0, 0.05) is 5.56 Å². The molecule has 0 radical (unpaired) electrons. The Bertz CT molecular complexity index is 959. The predicted molar refractivity (Wildman–Crippen MR) is 112 cm³/mol. The highest BCUT2D eigenvalue weighted by Crippen LogP contribution is 2.24. The second-order valence-corrected chi connectivity index (χ2v) is 8.48. The molecule has 1 amide bonds. The number of amides is 1. The van der Waals surface area contributed by atoms with Crippen LogP contribution in [0.15, 0.2) is 47.6 Å². The second-order valence-electron chi connectivity index (χ2n) is 5.80. The molecule has 0 fully saturated rings. The van der Waals surface area contributed by atoms with Crippen molar-refractivity contribution in [1.82, 2.24) is 5.43 Å². The van der Waals surface area contributed by atoms with Gasteiger partial charge < -0.3 is 4.74 Å². The first-order valence-corrected chi connectivity index (χ1v) is 10.7. The Morgan fingerprint density at radius 3 is 2.25 bits per heavy atom. The molecule has 0 aromatic heterocycles. The minimum Gasteiger partial charge on any atom is -0.497 e. The number of nitrogens with one attached hydrogen (secondary N) is 1. The van der Waals surface area contributed by atoms with Crippen LogP contribution in [0.25, 0.3) is 0 Å². The van der Waals surface area contributed by atoms with E-state index < -0.39 is 22.0 Å². The van der Waals surface area contributed by atoms with Crippen molar-refractivity contribution in [2.75, 3.05) is 17.7 Å². The quantitative estimate of drug-likeness (QED) is 0.524. The summed E-state index contributed by atoms with van der Waals surface area (Å²) in [4.78, 5) is 12.5. The zero-order valence-electron chi connectivity index (χ0n) is 15.4. The van der Waals surface area contributed by atoms with E-state index in [1.165, 1.54) is 20.2 Å². The largest absolute Gasteiger partial charge is 0.497 e. The molecule has 0 heterocycles. The molecule has 0 saturated heterocycles. The minimum absolute atomic E-state index is 0.323. The van der Waals surface area contributed by atoms with Gasteiger partial charge in [0.2, 0.25) is 10.0 Å². The third-order valence-electron chi connectivity index (χ3n) is 3.78. The normalized spacial score (nSPS) is 12.6. The topological polar surface area (TPSA) is 88.1 Å². The van der Waals surface area contributed by atoms with E-state index >= 15 is 0 Å². The van der Waals surface area contributed by atoms with Crippen LogP contribution in [0.3, 0.4) is 0 Å². The molecule has 150 valence electrons. The third kappa shape index (κ3) is 5.37. The molecule has 7 nitrogen and oxygen atoms in total. The van der Waals surface area contributed by atoms with Crippen molar-refractivity contribution in [2.45, 2.75) is 13.0 Å². The molecule has 1 N–H and O–H groups in total. The van der Waals surface area contributed by atoms with Gasteiger partial charge in [0.25, 0.3) is 5.91 Å². The summed E-state index contributed by atoms with van der Waals surface area (Å²) in [6.45, 7) is 1.46. The molecule has 0 spiro atoms. The number of hydrogen-bond donors (Lipinski definition) is 1. The van der Waals surface area contributed by atoms with Crippen molar-refractivity contribution < 1.29 is 17.9 Å². The summed E-state index contributed by atoms with van der Waals surface area (Å²) in [6, 6.07) is 10.2. The van der Waals surface area contributed by atoms with Crippen LogP contribution >= 0.6 is 23.2 Å². The van der Waals surface area contributed by atoms with Crippen LogP contribution in [-0.4, -0.2) is 39.9 Å². The Kier molecular flexibility index (Phi) is 7.29. The number of benzene rings is 2. The molecule has 0 aliphatic heterocycles. The van der Waals surface area contributed by atoms with E-state index in [1.807, 2.05) is 0 Å². The Morgan fingerprint density at radius 1 is 1.18 bits per heavy atom. The molecule has 0 bridgehead atoms. The van der Waals surface area contributed by atoms with Gasteiger partial charge in [-0.05, 0) is 43.3 Å². The molecule has 2 rings (SSSR count). The lowest BCUT2D eigenvalue weighted by atomic mass is 10.2. The maximum absolute atomic E-state index is 12.5. The zero-order valence-corrected chi connectivity index (χ0v) is 17.7. The van der Waals surface area contributed by atoms with Gasteiger partial charge >= 0.3 is 0 Å². The summed E-state index contributed by atoms with van der Waals surface area (Å²) < 4.78 is 30.6. The maximum atomic E-state index is 12.5. The molecular formula is C18H19Cl2N3O4S. The summed E-state index contributed by atoms with van der Waals surface area (Å²) >= 11 is 12.1. The van der Waals surface area contributed by atoms with Crippen molar-refractivity contribution in [1.29, 1.82) is 0 Å². The fourth-order valence-corrected chi connectivity index (χ4v) is 4.10. The number of hydrazone groups is 1. The van der Waals surface area contributed by atoms with Crippen molar-refractivity contribution in [3.63, 3.8) is 0 Å². The number of rotatable bonds is 7. The van der Waals surface area contributed by atoms with Crippen LogP contribution < -0.4 is 14.5 Å². The molecule has 28 heavy (non-hydrogen) atoms. The number of carbonyl (C=O) groups is 1. The smallest absolute Gasteiger partial charge is 0.263 e. The maximum Gasteiger partial charge on any atom is 0.263 e. The Hall–Kier alpha value is -2.29. The number of sulfonamides is 1. The van der Waals surface area contributed by atoms with Gasteiger partial charge in [0.1, 0.15) is 11.8 Å². The van der Waals surface area contributed by atoms with Crippen LogP contribution in [0.2, 0.25) is 10.0 Å². The molecule has 0 unspecified atom stereocenters. The van der Waals surface area contributed by atoms with Gasteiger partial charge in [-0.2, -0.15) is 5.10 Å². The molecule has 2 aromatic rings. The number of carbonyl (C=O) groups excluding carboxylic acids is 1. The van der Waals surface area contributed by atoms with Gasteiger partial charge in [0.05, 0.1) is 35.3 Å². The highest BCUT2D eigenvalue weighted by Gasteiger charge is 2.29. The van der Waals surface area contributed by atoms with Gasteiger partial charge in [-0.1, -0.05) is 29.3 Å². The van der Waals surface area contributed by atoms with Crippen LogP contribution in [-0.2, 0) is 14.8 Å². The first-order chi connectivity index (χ1) is 13.1. The van der Waals surface area contributed by atoms with E-state index in [9.17, 15) is 13.2 Å². The molecule has 0 saturated carbocycles. The lowest BCUT2D eigenvalue weighted by Crippen LogP contribution is -2.46. The average molecular weight is 444 g/mol. The van der Waals surface area contributed by atoms with E-state index in [1.54, 1.807) is 42.5 Å². The van der Waals surface area contributed by atoms with Crippen LogP contribution in [0.4, 0.5) is 5.69 Å². The monoisotopic (exact) mass is 443 g/mol. The van der Waals surface area contributed by atoms with Gasteiger partial charge in [-0.3, -0.25) is 9.10 Å². The van der Waals surface area contributed by atoms with E-state index in [0.717, 1.165) is 10.6 Å². The number of anilines is 1. The van der Waals surface area contributed by atoms with Gasteiger partial charge in [-0.15, -0.1) is 0 Å². The molecule has 0 aliphatic rings. The summed E-state index contributed by atoms with van der Waals surface area (Å²) in [5.41, 5.74) is 3.07. The second kappa shape index (κ2) is 9.27. The summed E-state index contributed by atoms with van der Waals surface area (Å²) in [5.74, 6) is -0.0591. The lowest BCUT2D eigenvalue weighted by Gasteiger charge is -2.27. The highest BCUT2D eigenvalue weighted by atomic mass is 35.5. The molecule has 1 atom stereocenters. The Balaban J connectivity index is 2.20. The van der Waals surface area contributed by atoms with E-state index in [2.05, 4.69) is 10.5 Å². The average Bonchev–Trinajstić information content (AvgIpc) is 2.63. The van der Waals surface area contributed by atoms with Crippen LogP contribution in [0.5, 0.6) is 5.75 Å². The molecular weight excluding hydrogens is 425 g/mol. The van der Waals surface area contributed by atoms with E-state index in [0.29, 0.717) is 27.0 Å². The van der Waals surface area contributed by atoms with E-state index in [4.69, 9.17) is 27.9 Å².